The fraction of sp³-hybridized carbons (Fsp3) is 0. The molecule has 0 saturated carbocycles. The molecule has 0 atom stereocenters. The Morgan fingerprint density at radius 2 is 1.71 bits per heavy atom. The number of nitrogens with zero attached hydrogens (tertiary/aromatic N) is 3. The highest BCUT2D eigenvalue weighted by Crippen LogP contribution is 2.32. The van der Waals surface area contributed by atoms with E-state index in [0.29, 0.717) is 5.15 Å². The van der Waals surface area contributed by atoms with Crippen LogP contribution in [0.2, 0.25) is 5.15 Å². The maximum atomic E-state index is 6.18. The van der Waals surface area contributed by atoms with Crippen molar-refractivity contribution in [2.24, 2.45) is 0 Å². The van der Waals surface area contributed by atoms with Gasteiger partial charge in [-0.1, -0.05) is 41.9 Å². The van der Waals surface area contributed by atoms with Crippen LogP contribution in [0.4, 0.5) is 0 Å². The van der Waals surface area contributed by atoms with Gasteiger partial charge in [0.2, 0.25) is 0 Å². The largest absolute Gasteiger partial charge is 0.244 e. The van der Waals surface area contributed by atoms with Crippen molar-refractivity contribution in [1.29, 1.82) is 0 Å². The third-order valence-corrected chi connectivity index (χ3v) is 3.86. The predicted octanol–water partition coefficient (Wildman–Crippen LogP) is 4.50. The molecule has 0 N–H and O–H groups in total. The lowest BCUT2D eigenvalue weighted by atomic mass is 10.00. The number of halogens is 1. The molecule has 0 fully saturated rings. The molecule has 0 aliphatic rings. The SMILES string of the molecule is Clc1ncc(-c2ccc3ncncc3c2)c2ccccc12. The quantitative estimate of drug-likeness (QED) is 0.485. The average molecular weight is 292 g/mol. The monoisotopic (exact) mass is 291 g/mol. The number of hydrogen-bond acceptors (Lipinski definition) is 3. The second-order valence-corrected chi connectivity index (χ2v) is 5.16. The van der Waals surface area contributed by atoms with E-state index < -0.39 is 0 Å². The molecule has 2 aromatic heterocycles. The first kappa shape index (κ1) is 12.2. The minimum Gasteiger partial charge on any atom is -0.244 e. The van der Waals surface area contributed by atoms with Crippen molar-refractivity contribution in [3.8, 4) is 11.1 Å². The fourth-order valence-corrected chi connectivity index (χ4v) is 2.75. The van der Waals surface area contributed by atoms with Crippen molar-refractivity contribution in [3.63, 3.8) is 0 Å². The van der Waals surface area contributed by atoms with Gasteiger partial charge < -0.3 is 0 Å². The maximum absolute atomic E-state index is 6.18. The number of pyridine rings is 1. The zero-order valence-electron chi connectivity index (χ0n) is 11.0. The van der Waals surface area contributed by atoms with E-state index in [9.17, 15) is 0 Å². The Morgan fingerprint density at radius 1 is 0.857 bits per heavy atom. The predicted molar refractivity (Wildman–Crippen MR) is 85.3 cm³/mol. The second kappa shape index (κ2) is 4.79. The van der Waals surface area contributed by atoms with Crippen molar-refractivity contribution in [2.75, 3.05) is 0 Å². The highest BCUT2D eigenvalue weighted by Gasteiger charge is 2.08. The number of aromatic nitrogens is 3. The molecule has 4 rings (SSSR count). The van der Waals surface area contributed by atoms with Crippen molar-refractivity contribution < 1.29 is 0 Å². The van der Waals surface area contributed by atoms with E-state index in [0.717, 1.165) is 32.8 Å². The Balaban J connectivity index is 2.02. The summed E-state index contributed by atoms with van der Waals surface area (Å²) in [6, 6.07) is 14.1. The molecule has 0 aliphatic carbocycles. The molecule has 2 aromatic carbocycles. The number of hydrogen-bond donors (Lipinski definition) is 0. The van der Waals surface area contributed by atoms with Gasteiger partial charge in [-0.15, -0.1) is 0 Å². The molecule has 4 aromatic rings. The van der Waals surface area contributed by atoms with Gasteiger partial charge in [0, 0.05) is 28.7 Å². The van der Waals surface area contributed by atoms with E-state index in [4.69, 9.17) is 11.6 Å². The van der Waals surface area contributed by atoms with Crippen molar-refractivity contribution in [1.82, 2.24) is 15.0 Å². The van der Waals surface area contributed by atoms with Gasteiger partial charge in [0.15, 0.2) is 0 Å². The van der Waals surface area contributed by atoms with E-state index in [1.54, 1.807) is 6.33 Å². The van der Waals surface area contributed by atoms with Crippen LogP contribution in [0.5, 0.6) is 0 Å². The lowest BCUT2D eigenvalue weighted by molar-refractivity contribution is 1.22. The first-order valence-electron chi connectivity index (χ1n) is 6.56. The van der Waals surface area contributed by atoms with Crippen LogP contribution in [0.1, 0.15) is 0 Å². The van der Waals surface area contributed by atoms with Crippen molar-refractivity contribution in [3.05, 3.63) is 66.3 Å². The van der Waals surface area contributed by atoms with Gasteiger partial charge in [-0.3, -0.25) is 0 Å². The standard InChI is InChI=1S/C17H10ClN3/c18-17-14-4-2-1-3-13(14)15(9-20-17)11-5-6-16-12(7-11)8-19-10-21-16/h1-10H. The minimum atomic E-state index is 0.526. The van der Waals surface area contributed by atoms with Crippen LogP contribution >= 0.6 is 11.6 Å². The molecule has 21 heavy (non-hydrogen) atoms. The van der Waals surface area contributed by atoms with Crippen LogP contribution in [0.15, 0.2) is 61.2 Å². The van der Waals surface area contributed by atoms with E-state index in [1.165, 1.54) is 0 Å². The number of benzene rings is 2. The molecule has 3 nitrogen and oxygen atoms in total. The highest BCUT2D eigenvalue weighted by atomic mass is 35.5. The molecule has 0 radical (unpaired) electrons. The summed E-state index contributed by atoms with van der Waals surface area (Å²) in [7, 11) is 0. The van der Waals surface area contributed by atoms with Gasteiger partial charge >= 0.3 is 0 Å². The molecule has 0 unspecified atom stereocenters. The first-order chi connectivity index (χ1) is 10.3. The number of fused-ring (bicyclic) bond motifs is 2. The van der Waals surface area contributed by atoms with E-state index >= 15 is 0 Å². The molecular weight excluding hydrogens is 282 g/mol. The van der Waals surface area contributed by atoms with Crippen LogP contribution in [0.25, 0.3) is 32.8 Å². The summed E-state index contributed by atoms with van der Waals surface area (Å²) < 4.78 is 0. The Labute approximate surface area is 126 Å². The molecular formula is C17H10ClN3. The summed E-state index contributed by atoms with van der Waals surface area (Å²) in [5.74, 6) is 0. The molecule has 2 heterocycles. The van der Waals surface area contributed by atoms with Crippen LogP contribution in [-0.4, -0.2) is 15.0 Å². The molecule has 0 aliphatic heterocycles. The van der Waals surface area contributed by atoms with E-state index in [1.807, 2.05) is 42.7 Å². The normalized spacial score (nSPS) is 11.1. The fourth-order valence-electron chi connectivity index (χ4n) is 2.54. The zero-order valence-corrected chi connectivity index (χ0v) is 11.7. The first-order valence-corrected chi connectivity index (χ1v) is 6.94. The summed E-state index contributed by atoms with van der Waals surface area (Å²) in [5, 5.41) is 3.59. The number of rotatable bonds is 1. The van der Waals surface area contributed by atoms with Crippen LogP contribution in [0, 0.1) is 0 Å². The summed E-state index contributed by atoms with van der Waals surface area (Å²) in [6.07, 6.45) is 5.19. The van der Waals surface area contributed by atoms with Gasteiger partial charge in [-0.2, -0.15) is 0 Å². The lowest BCUT2D eigenvalue weighted by Gasteiger charge is -2.08. The minimum absolute atomic E-state index is 0.526. The molecule has 0 saturated heterocycles. The van der Waals surface area contributed by atoms with Gasteiger partial charge in [0.1, 0.15) is 11.5 Å². The Bertz CT molecular complexity index is 966. The highest BCUT2D eigenvalue weighted by molar-refractivity contribution is 6.34. The van der Waals surface area contributed by atoms with Gasteiger partial charge in [-0.25, -0.2) is 15.0 Å². The topological polar surface area (TPSA) is 38.7 Å². The van der Waals surface area contributed by atoms with Crippen molar-refractivity contribution in [2.45, 2.75) is 0 Å². The molecule has 0 amide bonds. The third-order valence-electron chi connectivity index (χ3n) is 3.56. The Kier molecular flexibility index (Phi) is 2.79. The third kappa shape index (κ3) is 2.03. The molecule has 0 bridgehead atoms. The van der Waals surface area contributed by atoms with Crippen LogP contribution in [0.3, 0.4) is 0 Å². The van der Waals surface area contributed by atoms with Crippen LogP contribution in [-0.2, 0) is 0 Å². The Hall–Kier alpha value is -2.52. The van der Waals surface area contributed by atoms with Crippen molar-refractivity contribution >= 4 is 33.3 Å². The molecule has 4 heteroatoms. The Morgan fingerprint density at radius 3 is 2.62 bits per heavy atom. The summed E-state index contributed by atoms with van der Waals surface area (Å²) in [5.41, 5.74) is 3.07. The lowest BCUT2D eigenvalue weighted by Crippen LogP contribution is -1.87. The van der Waals surface area contributed by atoms with Crippen LogP contribution < -0.4 is 0 Å². The smallest absolute Gasteiger partial charge is 0.136 e. The summed E-state index contributed by atoms with van der Waals surface area (Å²) in [6.45, 7) is 0. The zero-order chi connectivity index (χ0) is 14.2. The van der Waals surface area contributed by atoms with E-state index in [-0.39, 0.29) is 0 Å². The van der Waals surface area contributed by atoms with Gasteiger partial charge in [0.05, 0.1) is 5.52 Å². The van der Waals surface area contributed by atoms with Gasteiger partial charge in [0.25, 0.3) is 0 Å². The van der Waals surface area contributed by atoms with E-state index in [2.05, 4.69) is 27.1 Å². The molecule has 0 spiro atoms. The summed E-state index contributed by atoms with van der Waals surface area (Å²) in [4.78, 5) is 12.6. The average Bonchev–Trinajstić information content (AvgIpc) is 2.55. The maximum Gasteiger partial charge on any atom is 0.136 e. The second-order valence-electron chi connectivity index (χ2n) is 4.80. The molecule has 100 valence electrons. The summed E-state index contributed by atoms with van der Waals surface area (Å²) >= 11 is 6.18. The van der Waals surface area contributed by atoms with Gasteiger partial charge in [-0.05, 0) is 23.1 Å².